The van der Waals surface area contributed by atoms with Crippen LogP contribution < -0.4 is 0 Å². The molecule has 0 aliphatic heterocycles. The Hall–Kier alpha value is -2.32. The Morgan fingerprint density at radius 2 is 1.82 bits per heavy atom. The maximum Gasteiger partial charge on any atom is 0.178 e. The molecule has 0 unspecified atom stereocenters. The van der Waals surface area contributed by atoms with Gasteiger partial charge in [-0.15, -0.1) is 0 Å². The summed E-state index contributed by atoms with van der Waals surface area (Å²) in [5.41, 5.74) is -4.95. The number of fused-ring (bicyclic) bond motifs is 5. The molecular formula is C30H35F4NO3. The highest BCUT2D eigenvalue weighted by molar-refractivity contribution is 6.01. The van der Waals surface area contributed by atoms with Crippen LogP contribution in [0.25, 0.3) is 0 Å². The van der Waals surface area contributed by atoms with Gasteiger partial charge in [0.15, 0.2) is 11.5 Å². The van der Waals surface area contributed by atoms with Gasteiger partial charge in [0.2, 0.25) is 0 Å². The van der Waals surface area contributed by atoms with E-state index in [9.17, 15) is 23.5 Å². The predicted molar refractivity (Wildman–Crippen MR) is 134 cm³/mol. The van der Waals surface area contributed by atoms with Crippen molar-refractivity contribution in [2.24, 2.45) is 28.1 Å². The molecule has 4 nitrogen and oxygen atoms in total. The third-order valence-electron chi connectivity index (χ3n) is 10.6. The number of aliphatic hydroxyl groups is 1. The molecule has 0 radical (unpaired) electrons. The molecule has 38 heavy (non-hydrogen) atoms. The van der Waals surface area contributed by atoms with E-state index in [2.05, 4.69) is 0 Å². The zero-order valence-electron chi connectivity index (χ0n) is 22.2. The van der Waals surface area contributed by atoms with Crippen LogP contribution in [0.2, 0.25) is 0 Å². The fourth-order valence-corrected chi connectivity index (χ4v) is 8.80. The van der Waals surface area contributed by atoms with E-state index in [1.54, 1.807) is 14.0 Å². The molecule has 0 aromatic heterocycles. The fourth-order valence-electron chi connectivity index (χ4n) is 8.80. The quantitative estimate of drug-likeness (QED) is 0.523. The number of allylic oxidation sites excluding steroid dienone is 4. The predicted octanol–water partition coefficient (Wildman–Crippen LogP) is 5.29. The van der Waals surface area contributed by atoms with Crippen LogP contribution in [0, 0.1) is 39.7 Å². The van der Waals surface area contributed by atoms with E-state index in [0.29, 0.717) is 18.4 Å². The van der Waals surface area contributed by atoms with Crippen molar-refractivity contribution in [3.8, 4) is 0 Å². The lowest BCUT2D eigenvalue weighted by atomic mass is 9.43. The van der Waals surface area contributed by atoms with Gasteiger partial charge in [0.05, 0.1) is 6.10 Å². The van der Waals surface area contributed by atoms with Crippen molar-refractivity contribution >= 4 is 11.6 Å². The normalized spacial score (nSPS) is 41.9. The molecule has 0 bridgehead atoms. The summed E-state index contributed by atoms with van der Waals surface area (Å²) >= 11 is 0. The van der Waals surface area contributed by atoms with Crippen LogP contribution in [0.1, 0.15) is 52.0 Å². The molecule has 8 heteroatoms. The lowest BCUT2D eigenvalue weighted by molar-refractivity contribution is -0.212. The minimum atomic E-state index is -2.19. The second-order valence-corrected chi connectivity index (χ2v) is 12.5. The first-order valence-electron chi connectivity index (χ1n) is 13.3. The van der Waals surface area contributed by atoms with E-state index in [1.807, 2.05) is 11.8 Å². The Labute approximate surface area is 220 Å². The number of hydrogen-bond acceptors (Lipinski definition) is 4. The topological polar surface area (TPSA) is 57.6 Å². The van der Waals surface area contributed by atoms with Crippen LogP contribution in [0.5, 0.6) is 0 Å². The van der Waals surface area contributed by atoms with E-state index >= 15 is 8.78 Å². The second kappa shape index (κ2) is 8.85. The molecule has 0 saturated heterocycles. The molecule has 4 aliphatic rings. The second-order valence-electron chi connectivity index (χ2n) is 12.5. The fraction of sp³-hybridized carbons (Fsp3) is 0.600. The molecule has 206 valence electrons. The van der Waals surface area contributed by atoms with Crippen molar-refractivity contribution < 1.29 is 32.3 Å². The van der Waals surface area contributed by atoms with Crippen LogP contribution in [0.3, 0.4) is 0 Å². The van der Waals surface area contributed by atoms with Gasteiger partial charge in [-0.2, -0.15) is 0 Å². The Bertz CT molecular complexity index is 1230. The summed E-state index contributed by atoms with van der Waals surface area (Å²) < 4.78 is 60.5. The molecular weight excluding hydrogens is 498 g/mol. The molecule has 3 fully saturated rings. The molecule has 0 spiro atoms. The molecule has 5 rings (SSSR count). The number of alkyl halides is 2. The van der Waals surface area contributed by atoms with E-state index in [0.717, 1.165) is 6.07 Å². The number of aliphatic hydroxyl groups excluding tert-OH is 1. The summed E-state index contributed by atoms with van der Waals surface area (Å²) in [7, 11) is 1.77. The number of ketones is 2. The van der Waals surface area contributed by atoms with Crippen LogP contribution >= 0.6 is 0 Å². The molecule has 1 N–H and O–H groups in total. The Morgan fingerprint density at radius 1 is 1.16 bits per heavy atom. The maximum absolute atomic E-state index is 17.3. The molecule has 0 amide bonds. The van der Waals surface area contributed by atoms with Crippen molar-refractivity contribution in [2.45, 2.75) is 70.9 Å². The average molecular weight is 534 g/mol. The number of hydrogen-bond donors (Lipinski definition) is 1. The third kappa shape index (κ3) is 3.62. The Balaban J connectivity index is 1.50. The number of halogens is 4. The van der Waals surface area contributed by atoms with Gasteiger partial charge >= 0.3 is 0 Å². The molecule has 1 aromatic rings. The van der Waals surface area contributed by atoms with Crippen molar-refractivity contribution in [3.63, 3.8) is 0 Å². The first kappa shape index (κ1) is 27.3. The van der Waals surface area contributed by atoms with Gasteiger partial charge in [-0.25, -0.2) is 17.6 Å². The van der Waals surface area contributed by atoms with Gasteiger partial charge < -0.3 is 10.0 Å². The van der Waals surface area contributed by atoms with Gasteiger partial charge in [-0.05, 0) is 93.3 Å². The van der Waals surface area contributed by atoms with E-state index in [-0.39, 0.29) is 43.2 Å². The van der Waals surface area contributed by atoms with E-state index < -0.39 is 57.5 Å². The first-order valence-corrected chi connectivity index (χ1v) is 13.3. The van der Waals surface area contributed by atoms with Gasteiger partial charge in [0, 0.05) is 35.9 Å². The van der Waals surface area contributed by atoms with Crippen LogP contribution in [-0.4, -0.2) is 53.1 Å². The van der Waals surface area contributed by atoms with Crippen molar-refractivity contribution in [2.75, 3.05) is 13.6 Å². The minimum Gasteiger partial charge on any atom is -0.390 e. The molecule has 4 aliphatic carbocycles. The number of benzene rings is 1. The molecule has 0 heterocycles. The summed E-state index contributed by atoms with van der Waals surface area (Å²) in [5, 5.41) is 11.5. The number of carbonyl (C=O) groups excluding carboxylic acids is 2. The highest BCUT2D eigenvalue weighted by Gasteiger charge is 2.74. The molecule has 8 atom stereocenters. The minimum absolute atomic E-state index is 0.00822. The zero-order valence-corrected chi connectivity index (χ0v) is 22.2. The average Bonchev–Trinajstić information content (AvgIpc) is 3.09. The van der Waals surface area contributed by atoms with Crippen molar-refractivity contribution in [3.05, 3.63) is 59.2 Å². The Morgan fingerprint density at radius 3 is 2.45 bits per heavy atom. The monoisotopic (exact) mass is 533 g/mol. The number of Topliss-reactive ketones (excluding diaryl/α,β-unsaturated/α-hetero) is 1. The highest BCUT2D eigenvalue weighted by atomic mass is 19.2. The summed E-state index contributed by atoms with van der Waals surface area (Å²) in [5.74, 6) is -3.08. The lowest BCUT2D eigenvalue weighted by Crippen LogP contribution is -2.69. The Kier molecular flexibility index (Phi) is 6.35. The van der Waals surface area contributed by atoms with Gasteiger partial charge in [0.1, 0.15) is 23.6 Å². The van der Waals surface area contributed by atoms with Crippen LogP contribution in [0.4, 0.5) is 17.6 Å². The summed E-state index contributed by atoms with van der Waals surface area (Å²) in [4.78, 5) is 27.3. The standard InChI is InChI=1S/C30H35F4NO3/c1-17(36)29(16-35(4)15-18-9-19(31)11-20(32)10-18)8-6-22-23-13-25(33)24-12-21(37)5-7-27(24,2)30(23,34)26(38)14-28(22,29)3/h5,7,9-12,22-23,25-26,38H,6,8,13-16H2,1-4H3/t22-,23-,25-,26-,27-,28-,29-,30-/m0/s1. The number of nitrogens with zero attached hydrogens (tertiary/aromatic N) is 1. The summed E-state index contributed by atoms with van der Waals surface area (Å²) in [6, 6.07) is 3.30. The SMILES string of the molecule is CC(=O)[C@@]1(CN(C)Cc2cc(F)cc(F)c2)CC[C@H]2[C@@H]3C[C@H](F)C4=CC(=O)C=C[C@]4(C)[C@@]3(F)[C@@H](O)C[C@@]21C. The van der Waals surface area contributed by atoms with Gasteiger partial charge in [0.25, 0.3) is 0 Å². The van der Waals surface area contributed by atoms with Gasteiger partial charge in [-0.1, -0.05) is 13.0 Å². The largest absolute Gasteiger partial charge is 0.390 e. The molecule has 1 aromatic carbocycles. The first-order chi connectivity index (χ1) is 17.7. The zero-order chi connectivity index (χ0) is 27.8. The summed E-state index contributed by atoms with van der Waals surface area (Å²) in [6.07, 6.45) is 1.59. The smallest absolute Gasteiger partial charge is 0.178 e. The van der Waals surface area contributed by atoms with E-state index in [1.165, 1.54) is 37.3 Å². The van der Waals surface area contributed by atoms with Crippen molar-refractivity contribution in [1.82, 2.24) is 4.90 Å². The van der Waals surface area contributed by atoms with Crippen molar-refractivity contribution in [1.29, 1.82) is 0 Å². The maximum atomic E-state index is 17.3. The third-order valence-corrected chi connectivity index (χ3v) is 10.6. The number of carbonyl (C=O) groups is 2. The van der Waals surface area contributed by atoms with E-state index in [4.69, 9.17) is 0 Å². The lowest BCUT2D eigenvalue weighted by Gasteiger charge is -2.63. The number of rotatable bonds is 5. The van der Waals surface area contributed by atoms with Gasteiger partial charge in [-0.3, -0.25) is 9.59 Å². The van der Waals surface area contributed by atoms with Crippen LogP contribution in [0.15, 0.2) is 42.0 Å². The van der Waals surface area contributed by atoms with Crippen LogP contribution in [-0.2, 0) is 16.1 Å². The molecule has 3 saturated carbocycles. The summed E-state index contributed by atoms with van der Waals surface area (Å²) in [6.45, 7) is 5.42. The highest BCUT2D eigenvalue weighted by Crippen LogP contribution is 2.72.